The predicted molar refractivity (Wildman–Crippen MR) is 139 cm³/mol. The van der Waals surface area contributed by atoms with Crippen molar-refractivity contribution < 1.29 is 27.1 Å². The number of pyridine rings is 2. The Morgan fingerprint density at radius 3 is 2.58 bits per heavy atom. The molecular weight excluding hydrogens is 554 g/mol. The van der Waals surface area contributed by atoms with E-state index in [1.807, 2.05) is 0 Å². The number of aromatic nitrogens is 4. The van der Waals surface area contributed by atoms with E-state index in [-0.39, 0.29) is 28.4 Å². The molecule has 0 radical (unpaired) electrons. The van der Waals surface area contributed by atoms with Crippen LogP contribution in [0.2, 0.25) is 5.02 Å². The number of imidazole rings is 1. The van der Waals surface area contributed by atoms with E-state index in [4.69, 9.17) is 16.3 Å². The van der Waals surface area contributed by atoms with Gasteiger partial charge in [0.05, 0.1) is 28.9 Å². The van der Waals surface area contributed by atoms with E-state index in [0.717, 1.165) is 12.3 Å². The van der Waals surface area contributed by atoms with Crippen LogP contribution in [0, 0.1) is 11.7 Å². The Hall–Kier alpha value is -3.93. The zero-order chi connectivity index (χ0) is 28.6. The van der Waals surface area contributed by atoms with Crippen LogP contribution in [0.15, 0.2) is 53.6 Å². The number of alkyl halides is 3. The number of methoxy groups -OCH3 is 1. The summed E-state index contributed by atoms with van der Waals surface area (Å²) in [6.45, 7) is 0.365. The summed E-state index contributed by atoms with van der Waals surface area (Å²) in [4.78, 5) is 33.9. The molecule has 40 heavy (non-hydrogen) atoms. The van der Waals surface area contributed by atoms with Crippen LogP contribution in [0.25, 0.3) is 16.9 Å². The van der Waals surface area contributed by atoms with Crippen LogP contribution in [0.4, 0.5) is 17.6 Å². The number of nitrogens with one attached hydrogen (secondary N) is 1. The van der Waals surface area contributed by atoms with Crippen molar-refractivity contribution in [2.75, 3.05) is 7.11 Å². The Morgan fingerprint density at radius 1 is 1.15 bits per heavy atom. The topological polar surface area (TPSA) is 91.0 Å². The first-order valence-electron chi connectivity index (χ1n) is 12.5. The quantitative estimate of drug-likeness (QED) is 0.310. The maximum atomic E-state index is 14.4. The van der Waals surface area contributed by atoms with Gasteiger partial charge in [0.15, 0.2) is 22.9 Å². The molecule has 0 bridgehead atoms. The van der Waals surface area contributed by atoms with Crippen molar-refractivity contribution in [1.29, 1.82) is 0 Å². The molecule has 1 fully saturated rings. The second-order valence-corrected chi connectivity index (χ2v) is 10.1. The lowest BCUT2D eigenvalue weighted by molar-refractivity contribution is -0.141. The number of hydrogen-bond donors (Lipinski definition) is 1. The van der Waals surface area contributed by atoms with Gasteiger partial charge in [-0.2, -0.15) is 13.2 Å². The summed E-state index contributed by atoms with van der Waals surface area (Å²) < 4.78 is 62.4. The summed E-state index contributed by atoms with van der Waals surface area (Å²) in [5.41, 5.74) is -0.998. The van der Waals surface area contributed by atoms with E-state index < -0.39 is 29.2 Å². The SMILES string of the molecule is COc1ccc(-n2c(=O)n(C[C@H]3CC[C@H](NC(=O)c4cc(Cl)cnc4C(F)(F)F)CC3)c3cccnc32)cc1F. The zero-order valence-corrected chi connectivity index (χ0v) is 22.0. The fourth-order valence-corrected chi connectivity index (χ4v) is 5.30. The lowest BCUT2D eigenvalue weighted by Gasteiger charge is -2.29. The number of amides is 1. The average molecular weight is 578 g/mol. The lowest BCUT2D eigenvalue weighted by Crippen LogP contribution is -2.39. The molecule has 13 heteroatoms. The van der Waals surface area contributed by atoms with Gasteiger partial charge in [-0.3, -0.25) is 9.36 Å². The molecule has 3 heterocycles. The number of ether oxygens (including phenoxy) is 1. The summed E-state index contributed by atoms with van der Waals surface area (Å²) in [7, 11) is 1.35. The van der Waals surface area contributed by atoms with Crippen LogP contribution in [0.5, 0.6) is 5.75 Å². The highest BCUT2D eigenvalue weighted by Crippen LogP contribution is 2.32. The molecule has 210 valence electrons. The number of benzene rings is 1. The maximum Gasteiger partial charge on any atom is 0.434 e. The number of carbonyl (C=O) groups is 1. The van der Waals surface area contributed by atoms with Gasteiger partial charge in [0, 0.05) is 31.0 Å². The molecular formula is C27H24ClF4N5O3. The van der Waals surface area contributed by atoms with Gasteiger partial charge in [0.2, 0.25) is 0 Å². The van der Waals surface area contributed by atoms with E-state index in [2.05, 4.69) is 15.3 Å². The number of halogens is 5. The third-order valence-corrected chi connectivity index (χ3v) is 7.28. The number of rotatable bonds is 6. The van der Waals surface area contributed by atoms with Crippen molar-refractivity contribution in [2.45, 2.75) is 44.4 Å². The molecule has 0 unspecified atom stereocenters. The van der Waals surface area contributed by atoms with Crippen molar-refractivity contribution >= 4 is 28.7 Å². The molecule has 1 aliphatic rings. The number of hydrogen-bond acceptors (Lipinski definition) is 5. The van der Waals surface area contributed by atoms with Gasteiger partial charge in [-0.25, -0.2) is 23.7 Å². The summed E-state index contributed by atoms with van der Waals surface area (Å²) in [5.74, 6) is -1.38. The van der Waals surface area contributed by atoms with Crippen LogP contribution in [-0.2, 0) is 12.7 Å². The highest BCUT2D eigenvalue weighted by Gasteiger charge is 2.38. The van der Waals surface area contributed by atoms with Crippen LogP contribution in [0.1, 0.15) is 41.7 Å². The first-order valence-corrected chi connectivity index (χ1v) is 12.9. The summed E-state index contributed by atoms with van der Waals surface area (Å²) in [6.07, 6.45) is -0.110. The van der Waals surface area contributed by atoms with Crippen molar-refractivity contribution in [3.63, 3.8) is 0 Å². The van der Waals surface area contributed by atoms with E-state index in [9.17, 15) is 27.2 Å². The minimum absolute atomic E-state index is 0.0543. The molecule has 1 N–H and O–H groups in total. The Balaban J connectivity index is 1.31. The van der Waals surface area contributed by atoms with Gasteiger partial charge in [-0.05, 0) is 61.9 Å². The largest absolute Gasteiger partial charge is 0.494 e. The third kappa shape index (κ3) is 5.40. The van der Waals surface area contributed by atoms with Gasteiger partial charge >= 0.3 is 11.9 Å². The molecule has 3 aromatic heterocycles. The zero-order valence-electron chi connectivity index (χ0n) is 21.2. The lowest BCUT2D eigenvalue weighted by atomic mass is 9.85. The van der Waals surface area contributed by atoms with Crippen molar-refractivity contribution in [1.82, 2.24) is 24.4 Å². The van der Waals surface area contributed by atoms with Crippen LogP contribution >= 0.6 is 11.6 Å². The van der Waals surface area contributed by atoms with Crippen LogP contribution < -0.4 is 15.7 Å². The molecule has 4 aromatic rings. The highest BCUT2D eigenvalue weighted by atomic mass is 35.5. The number of fused-ring (bicyclic) bond motifs is 1. The molecule has 1 aliphatic carbocycles. The molecule has 5 rings (SSSR count). The normalized spacial score (nSPS) is 17.6. The first kappa shape index (κ1) is 27.6. The smallest absolute Gasteiger partial charge is 0.434 e. The van der Waals surface area contributed by atoms with Gasteiger partial charge in [0.25, 0.3) is 5.91 Å². The molecule has 0 atom stereocenters. The van der Waals surface area contributed by atoms with Crippen LogP contribution in [-0.4, -0.2) is 38.2 Å². The molecule has 8 nitrogen and oxygen atoms in total. The number of nitrogens with zero attached hydrogens (tertiary/aromatic N) is 4. The average Bonchev–Trinajstić information content (AvgIpc) is 3.19. The summed E-state index contributed by atoms with van der Waals surface area (Å²) in [6, 6.07) is 8.33. The fraction of sp³-hybridized carbons (Fsp3) is 0.333. The van der Waals surface area contributed by atoms with E-state index in [0.29, 0.717) is 49.1 Å². The van der Waals surface area contributed by atoms with Gasteiger partial charge < -0.3 is 10.1 Å². The molecule has 0 aliphatic heterocycles. The summed E-state index contributed by atoms with van der Waals surface area (Å²) >= 11 is 5.80. The van der Waals surface area contributed by atoms with Crippen LogP contribution in [0.3, 0.4) is 0 Å². The third-order valence-electron chi connectivity index (χ3n) is 7.07. The monoisotopic (exact) mass is 577 g/mol. The van der Waals surface area contributed by atoms with E-state index >= 15 is 0 Å². The Morgan fingerprint density at radius 2 is 1.90 bits per heavy atom. The molecule has 1 aromatic carbocycles. The highest BCUT2D eigenvalue weighted by molar-refractivity contribution is 6.30. The summed E-state index contributed by atoms with van der Waals surface area (Å²) in [5, 5.41) is 2.60. The predicted octanol–water partition coefficient (Wildman–Crippen LogP) is 5.39. The molecule has 0 saturated heterocycles. The van der Waals surface area contributed by atoms with E-state index in [1.165, 1.54) is 23.8 Å². The minimum Gasteiger partial charge on any atom is -0.494 e. The first-order chi connectivity index (χ1) is 19.1. The molecule has 1 saturated carbocycles. The van der Waals surface area contributed by atoms with E-state index in [1.54, 1.807) is 29.0 Å². The Labute approximate surface area is 230 Å². The Kier molecular flexibility index (Phi) is 7.54. The fourth-order valence-electron chi connectivity index (χ4n) is 5.14. The van der Waals surface area contributed by atoms with Gasteiger partial charge in [0.1, 0.15) is 0 Å². The standard InChI is InChI=1S/C27H24ClF4N5O3/c1-40-22-9-8-18(12-20(22)29)37-24-21(3-2-10-33-24)36(26(37)39)14-15-4-6-17(7-5-15)35-25(38)19-11-16(28)13-34-23(19)27(30,31)32/h2-3,8-13,15,17H,4-7,14H2,1H3,(H,35,38)/t15-,17-. The maximum absolute atomic E-state index is 14.4. The van der Waals surface area contributed by atoms with Crippen molar-refractivity contribution in [3.8, 4) is 11.4 Å². The second kappa shape index (κ2) is 10.9. The minimum atomic E-state index is -4.80. The van der Waals surface area contributed by atoms with Crippen molar-refractivity contribution in [2.24, 2.45) is 5.92 Å². The molecule has 0 spiro atoms. The molecule has 1 amide bonds. The van der Waals surface area contributed by atoms with Gasteiger partial charge in [-0.1, -0.05) is 11.6 Å². The Bertz CT molecular complexity index is 1630. The van der Waals surface area contributed by atoms with Crippen molar-refractivity contribution in [3.05, 3.63) is 81.4 Å². The number of carbonyl (C=O) groups excluding carboxylic acids is 1. The van der Waals surface area contributed by atoms with Gasteiger partial charge in [-0.15, -0.1) is 0 Å². The second-order valence-electron chi connectivity index (χ2n) is 9.63.